The number of rotatable bonds is 6. The van der Waals surface area contributed by atoms with E-state index in [9.17, 15) is 9.59 Å². The first-order valence-electron chi connectivity index (χ1n) is 4.49. The number of carbonyl (C=O) groups is 2. The van der Waals surface area contributed by atoms with Crippen LogP contribution in [0.2, 0.25) is 0 Å². The Labute approximate surface area is 83.3 Å². The van der Waals surface area contributed by atoms with Crippen LogP contribution in [0, 0.1) is 0 Å². The van der Waals surface area contributed by atoms with Gasteiger partial charge in [-0.2, -0.15) is 0 Å². The molecule has 0 saturated heterocycles. The zero-order valence-corrected chi connectivity index (χ0v) is 8.74. The van der Waals surface area contributed by atoms with Crippen LogP contribution < -0.4 is 0 Å². The van der Waals surface area contributed by atoms with E-state index in [-0.39, 0.29) is 19.2 Å². The van der Waals surface area contributed by atoms with E-state index in [1.165, 1.54) is 6.92 Å². The number of esters is 2. The molecule has 0 rings (SSSR count). The fourth-order valence-corrected chi connectivity index (χ4v) is 0.738. The van der Waals surface area contributed by atoms with E-state index in [4.69, 9.17) is 9.47 Å². The quantitative estimate of drug-likeness (QED) is 0.466. The van der Waals surface area contributed by atoms with Crippen molar-refractivity contribution in [3.05, 3.63) is 0 Å². The van der Waals surface area contributed by atoms with E-state index in [2.05, 4.69) is 4.74 Å². The van der Waals surface area contributed by atoms with Gasteiger partial charge in [0.2, 0.25) is 0 Å². The molecule has 0 aliphatic carbocycles. The van der Waals surface area contributed by atoms with E-state index in [1.807, 2.05) is 0 Å². The Hall–Kier alpha value is -1.10. The van der Waals surface area contributed by atoms with Crippen molar-refractivity contribution >= 4 is 11.9 Å². The summed E-state index contributed by atoms with van der Waals surface area (Å²) in [4.78, 5) is 21.4. The lowest BCUT2D eigenvalue weighted by Gasteiger charge is -2.11. The lowest BCUT2D eigenvalue weighted by Crippen LogP contribution is -2.25. The summed E-state index contributed by atoms with van der Waals surface area (Å²) in [5.41, 5.74) is 0. The summed E-state index contributed by atoms with van der Waals surface area (Å²) >= 11 is 0. The Morgan fingerprint density at radius 2 is 1.86 bits per heavy atom. The van der Waals surface area contributed by atoms with E-state index in [0.29, 0.717) is 6.61 Å². The third-order valence-corrected chi connectivity index (χ3v) is 1.38. The largest absolute Gasteiger partial charge is 0.464 e. The molecule has 0 heterocycles. The van der Waals surface area contributed by atoms with Crippen molar-refractivity contribution in [1.82, 2.24) is 0 Å². The van der Waals surface area contributed by atoms with Crippen molar-refractivity contribution in [3.63, 3.8) is 0 Å². The molecule has 1 atom stereocenters. The van der Waals surface area contributed by atoms with E-state index in [0.717, 1.165) is 0 Å². The van der Waals surface area contributed by atoms with Crippen molar-refractivity contribution in [1.29, 1.82) is 0 Å². The summed E-state index contributed by atoms with van der Waals surface area (Å²) in [5.74, 6) is -0.771. The summed E-state index contributed by atoms with van der Waals surface area (Å²) < 4.78 is 14.4. The minimum Gasteiger partial charge on any atom is -0.464 e. The Bertz CT molecular complexity index is 190. The van der Waals surface area contributed by atoms with E-state index in [1.54, 1.807) is 13.8 Å². The van der Waals surface area contributed by atoms with Crippen LogP contribution in [0.4, 0.5) is 0 Å². The van der Waals surface area contributed by atoms with Crippen molar-refractivity contribution in [3.8, 4) is 0 Å². The van der Waals surface area contributed by atoms with Crippen LogP contribution in [0.15, 0.2) is 0 Å². The highest BCUT2D eigenvalue weighted by molar-refractivity contribution is 5.74. The average molecular weight is 204 g/mol. The van der Waals surface area contributed by atoms with Crippen LogP contribution in [0.5, 0.6) is 0 Å². The Morgan fingerprint density at radius 1 is 1.21 bits per heavy atom. The molecule has 0 aromatic carbocycles. The molecule has 1 unspecified atom stereocenters. The van der Waals surface area contributed by atoms with Gasteiger partial charge in [-0.1, -0.05) is 0 Å². The predicted octanol–water partition coefficient (Wildman–Crippen LogP) is 0.518. The standard InChI is InChI=1S/C9H16O5/c1-4-12-9(11)7(2)13-5-6-14-8(3)10/h7H,4-6H2,1-3H3. The third-order valence-electron chi connectivity index (χ3n) is 1.38. The molecule has 0 fully saturated rings. The first kappa shape index (κ1) is 12.9. The van der Waals surface area contributed by atoms with Gasteiger partial charge >= 0.3 is 11.9 Å². The van der Waals surface area contributed by atoms with Crippen molar-refractivity contribution in [2.45, 2.75) is 26.9 Å². The minimum atomic E-state index is -0.620. The zero-order chi connectivity index (χ0) is 11.0. The van der Waals surface area contributed by atoms with Gasteiger partial charge in [0, 0.05) is 6.92 Å². The molecule has 0 saturated carbocycles. The topological polar surface area (TPSA) is 61.8 Å². The Kier molecular flexibility index (Phi) is 6.74. The SMILES string of the molecule is CCOC(=O)C(C)OCCOC(C)=O. The summed E-state index contributed by atoms with van der Waals surface area (Å²) in [6, 6.07) is 0. The average Bonchev–Trinajstić information content (AvgIpc) is 2.12. The highest BCUT2D eigenvalue weighted by Crippen LogP contribution is 1.94. The number of carbonyl (C=O) groups excluding carboxylic acids is 2. The van der Waals surface area contributed by atoms with Crippen LogP contribution in [-0.4, -0.2) is 37.9 Å². The maximum absolute atomic E-state index is 11.0. The Morgan fingerprint density at radius 3 is 2.36 bits per heavy atom. The lowest BCUT2D eigenvalue weighted by atomic mass is 10.4. The highest BCUT2D eigenvalue weighted by atomic mass is 16.6. The van der Waals surface area contributed by atoms with Crippen LogP contribution in [-0.2, 0) is 23.8 Å². The van der Waals surface area contributed by atoms with Gasteiger partial charge < -0.3 is 14.2 Å². The normalized spacial score (nSPS) is 11.9. The summed E-state index contributed by atoms with van der Waals surface area (Å²) in [6.07, 6.45) is -0.620. The first-order valence-corrected chi connectivity index (χ1v) is 4.49. The van der Waals surface area contributed by atoms with Gasteiger partial charge in [0.15, 0.2) is 6.10 Å². The van der Waals surface area contributed by atoms with Gasteiger partial charge in [0.25, 0.3) is 0 Å². The predicted molar refractivity (Wildman–Crippen MR) is 48.7 cm³/mol. The molecule has 0 aliphatic rings. The molecule has 0 spiro atoms. The number of hydrogen-bond donors (Lipinski definition) is 0. The molecule has 0 aromatic heterocycles. The van der Waals surface area contributed by atoms with Gasteiger partial charge in [-0.15, -0.1) is 0 Å². The second kappa shape index (κ2) is 7.32. The molecule has 82 valence electrons. The lowest BCUT2D eigenvalue weighted by molar-refractivity contribution is -0.157. The molecule has 0 amide bonds. The first-order chi connectivity index (χ1) is 6.57. The molecule has 0 radical (unpaired) electrons. The molecule has 0 aromatic rings. The second-order valence-electron chi connectivity index (χ2n) is 2.61. The summed E-state index contributed by atoms with van der Waals surface area (Å²) in [7, 11) is 0. The van der Waals surface area contributed by atoms with Gasteiger partial charge in [0.05, 0.1) is 13.2 Å². The molecule has 5 heteroatoms. The highest BCUT2D eigenvalue weighted by Gasteiger charge is 2.13. The second-order valence-corrected chi connectivity index (χ2v) is 2.61. The van der Waals surface area contributed by atoms with Crippen molar-refractivity contribution in [2.75, 3.05) is 19.8 Å². The van der Waals surface area contributed by atoms with Crippen molar-refractivity contribution < 1.29 is 23.8 Å². The van der Waals surface area contributed by atoms with Crippen LogP contribution in [0.3, 0.4) is 0 Å². The van der Waals surface area contributed by atoms with Gasteiger partial charge in [-0.25, -0.2) is 4.79 Å². The molecular weight excluding hydrogens is 188 g/mol. The van der Waals surface area contributed by atoms with Gasteiger partial charge in [0.1, 0.15) is 6.61 Å². The summed E-state index contributed by atoms with van der Waals surface area (Å²) in [6.45, 7) is 5.30. The maximum Gasteiger partial charge on any atom is 0.334 e. The van der Waals surface area contributed by atoms with E-state index >= 15 is 0 Å². The summed E-state index contributed by atoms with van der Waals surface area (Å²) in [5, 5.41) is 0. The minimum absolute atomic E-state index is 0.152. The molecule has 0 bridgehead atoms. The maximum atomic E-state index is 11.0. The smallest absolute Gasteiger partial charge is 0.334 e. The number of hydrogen-bond acceptors (Lipinski definition) is 5. The van der Waals surface area contributed by atoms with Crippen LogP contribution in [0.25, 0.3) is 0 Å². The molecule has 0 aliphatic heterocycles. The number of ether oxygens (including phenoxy) is 3. The van der Waals surface area contributed by atoms with Crippen molar-refractivity contribution in [2.24, 2.45) is 0 Å². The van der Waals surface area contributed by atoms with E-state index < -0.39 is 12.1 Å². The molecular formula is C9H16O5. The molecule has 14 heavy (non-hydrogen) atoms. The monoisotopic (exact) mass is 204 g/mol. The van der Waals surface area contributed by atoms with Crippen LogP contribution in [0.1, 0.15) is 20.8 Å². The Balaban J connectivity index is 3.48. The molecule has 5 nitrogen and oxygen atoms in total. The third kappa shape index (κ3) is 6.42. The van der Waals surface area contributed by atoms with Gasteiger partial charge in [-0.05, 0) is 13.8 Å². The zero-order valence-electron chi connectivity index (χ0n) is 8.74. The molecule has 0 N–H and O–H groups in total. The van der Waals surface area contributed by atoms with Gasteiger partial charge in [-0.3, -0.25) is 4.79 Å². The fourth-order valence-electron chi connectivity index (χ4n) is 0.738. The van der Waals surface area contributed by atoms with Crippen LogP contribution >= 0.6 is 0 Å². The fraction of sp³-hybridized carbons (Fsp3) is 0.778.